The molecule has 1 rings (SSSR count). The Morgan fingerprint density at radius 2 is 1.89 bits per heavy atom. The first-order chi connectivity index (χ1) is 8.30. The molecule has 100 valence electrons. The first-order valence-electron chi connectivity index (χ1n) is 6.12. The van der Waals surface area contributed by atoms with E-state index in [1.165, 1.54) is 0 Å². The van der Waals surface area contributed by atoms with E-state index in [-0.39, 0.29) is 17.1 Å². The van der Waals surface area contributed by atoms with Crippen LogP contribution in [0, 0.1) is 5.41 Å². The third kappa shape index (κ3) is 4.37. The van der Waals surface area contributed by atoms with Crippen LogP contribution in [-0.2, 0) is 11.2 Å². The van der Waals surface area contributed by atoms with E-state index in [2.05, 4.69) is 5.32 Å². The Bertz CT molecular complexity index is 393. The van der Waals surface area contributed by atoms with E-state index in [9.17, 15) is 4.79 Å². The van der Waals surface area contributed by atoms with Gasteiger partial charge in [-0.15, -0.1) is 0 Å². The topological polar surface area (TPSA) is 75.4 Å². The van der Waals surface area contributed by atoms with Crippen molar-refractivity contribution in [1.29, 1.82) is 0 Å². The Morgan fingerprint density at radius 3 is 2.39 bits per heavy atom. The standard InChI is InChI=1S/C14H22N2O2/c1-14(2,3)12(15)13(18)16-9-8-10-4-6-11(17)7-5-10/h4-7,12,17H,8-9,15H2,1-3H3,(H,16,18). The maximum atomic E-state index is 11.8. The number of carbonyl (C=O) groups excluding carboxylic acids is 1. The Hall–Kier alpha value is -1.55. The van der Waals surface area contributed by atoms with Crippen molar-refractivity contribution >= 4 is 5.91 Å². The molecule has 0 aliphatic heterocycles. The van der Waals surface area contributed by atoms with Gasteiger partial charge in [-0.25, -0.2) is 0 Å². The summed E-state index contributed by atoms with van der Waals surface area (Å²) < 4.78 is 0. The minimum atomic E-state index is -0.502. The minimum absolute atomic E-state index is 0.124. The highest BCUT2D eigenvalue weighted by Gasteiger charge is 2.26. The molecule has 0 fully saturated rings. The van der Waals surface area contributed by atoms with Crippen LogP contribution in [0.2, 0.25) is 0 Å². The predicted octanol–water partition coefficient (Wildman–Crippen LogP) is 1.42. The fourth-order valence-electron chi connectivity index (χ4n) is 1.50. The molecule has 0 aliphatic carbocycles. The van der Waals surface area contributed by atoms with Crippen LogP contribution in [-0.4, -0.2) is 23.6 Å². The summed E-state index contributed by atoms with van der Waals surface area (Å²) >= 11 is 0. The normalized spacial score (nSPS) is 13.1. The third-order valence-electron chi connectivity index (χ3n) is 2.86. The summed E-state index contributed by atoms with van der Waals surface area (Å²) in [4.78, 5) is 11.8. The summed E-state index contributed by atoms with van der Waals surface area (Å²) in [7, 11) is 0. The molecule has 0 spiro atoms. The maximum Gasteiger partial charge on any atom is 0.237 e. The lowest BCUT2D eigenvalue weighted by molar-refractivity contribution is -0.124. The van der Waals surface area contributed by atoms with Gasteiger partial charge < -0.3 is 16.2 Å². The number of benzene rings is 1. The second-order valence-corrected chi connectivity index (χ2v) is 5.55. The van der Waals surface area contributed by atoms with E-state index in [1.807, 2.05) is 32.9 Å². The van der Waals surface area contributed by atoms with E-state index in [4.69, 9.17) is 10.8 Å². The molecule has 0 radical (unpaired) electrons. The van der Waals surface area contributed by atoms with Gasteiger partial charge in [-0.3, -0.25) is 4.79 Å². The zero-order valence-electron chi connectivity index (χ0n) is 11.2. The van der Waals surface area contributed by atoms with E-state index < -0.39 is 6.04 Å². The lowest BCUT2D eigenvalue weighted by atomic mass is 9.87. The van der Waals surface area contributed by atoms with Gasteiger partial charge in [0.05, 0.1) is 6.04 Å². The van der Waals surface area contributed by atoms with Crippen molar-refractivity contribution in [2.45, 2.75) is 33.2 Å². The maximum absolute atomic E-state index is 11.8. The van der Waals surface area contributed by atoms with Crippen LogP contribution in [0.1, 0.15) is 26.3 Å². The van der Waals surface area contributed by atoms with E-state index in [0.717, 1.165) is 12.0 Å². The molecule has 1 aromatic carbocycles. The Labute approximate surface area is 108 Å². The molecule has 0 bridgehead atoms. The number of hydrogen-bond donors (Lipinski definition) is 3. The lowest BCUT2D eigenvalue weighted by Gasteiger charge is -2.25. The average molecular weight is 250 g/mol. The lowest BCUT2D eigenvalue weighted by Crippen LogP contribution is -2.48. The SMILES string of the molecule is CC(C)(C)C(N)C(=O)NCCc1ccc(O)cc1. The van der Waals surface area contributed by atoms with Crippen molar-refractivity contribution in [3.8, 4) is 5.75 Å². The molecule has 0 saturated carbocycles. The van der Waals surface area contributed by atoms with Gasteiger partial charge in [0.2, 0.25) is 5.91 Å². The molecule has 18 heavy (non-hydrogen) atoms. The number of phenolic OH excluding ortho intramolecular Hbond substituents is 1. The van der Waals surface area contributed by atoms with Crippen molar-refractivity contribution in [2.24, 2.45) is 11.1 Å². The van der Waals surface area contributed by atoms with Crippen LogP contribution in [0.5, 0.6) is 5.75 Å². The summed E-state index contributed by atoms with van der Waals surface area (Å²) in [6, 6.07) is 6.45. The fraction of sp³-hybridized carbons (Fsp3) is 0.500. The van der Waals surface area contributed by atoms with Crippen molar-refractivity contribution in [3.05, 3.63) is 29.8 Å². The van der Waals surface area contributed by atoms with Crippen molar-refractivity contribution in [2.75, 3.05) is 6.54 Å². The molecule has 0 aliphatic rings. The van der Waals surface area contributed by atoms with Gasteiger partial charge >= 0.3 is 0 Å². The van der Waals surface area contributed by atoms with Gasteiger partial charge in [0.15, 0.2) is 0 Å². The first kappa shape index (κ1) is 14.5. The average Bonchev–Trinajstić information content (AvgIpc) is 2.29. The van der Waals surface area contributed by atoms with Crippen molar-refractivity contribution in [3.63, 3.8) is 0 Å². The van der Waals surface area contributed by atoms with Crippen LogP contribution in [0.15, 0.2) is 24.3 Å². The van der Waals surface area contributed by atoms with Crippen molar-refractivity contribution < 1.29 is 9.90 Å². The largest absolute Gasteiger partial charge is 0.508 e. The van der Waals surface area contributed by atoms with Crippen LogP contribution >= 0.6 is 0 Å². The minimum Gasteiger partial charge on any atom is -0.508 e. The first-order valence-corrected chi connectivity index (χ1v) is 6.12. The summed E-state index contributed by atoms with van der Waals surface area (Å²) in [5, 5.41) is 12.0. The highest BCUT2D eigenvalue weighted by atomic mass is 16.3. The highest BCUT2D eigenvalue weighted by molar-refractivity contribution is 5.82. The van der Waals surface area contributed by atoms with E-state index >= 15 is 0 Å². The molecule has 1 aromatic rings. The molecular weight excluding hydrogens is 228 g/mol. The monoisotopic (exact) mass is 250 g/mol. The number of carbonyl (C=O) groups is 1. The zero-order valence-corrected chi connectivity index (χ0v) is 11.2. The molecule has 1 amide bonds. The summed E-state index contributed by atoms with van der Waals surface area (Å²) in [5.41, 5.74) is 6.68. The van der Waals surface area contributed by atoms with E-state index in [1.54, 1.807) is 12.1 Å². The molecule has 0 saturated heterocycles. The number of phenols is 1. The van der Waals surface area contributed by atoms with Crippen LogP contribution < -0.4 is 11.1 Å². The van der Waals surface area contributed by atoms with Crippen LogP contribution in [0.4, 0.5) is 0 Å². The third-order valence-corrected chi connectivity index (χ3v) is 2.86. The molecule has 1 unspecified atom stereocenters. The number of nitrogens with one attached hydrogen (secondary N) is 1. The molecule has 0 aromatic heterocycles. The summed E-state index contributed by atoms with van der Waals surface area (Å²) in [6.45, 7) is 6.37. The van der Waals surface area contributed by atoms with Gasteiger partial charge in [0.1, 0.15) is 5.75 Å². The molecule has 4 nitrogen and oxygen atoms in total. The molecular formula is C14H22N2O2. The highest BCUT2D eigenvalue weighted by Crippen LogP contribution is 2.17. The second kappa shape index (κ2) is 5.87. The number of rotatable bonds is 4. The fourth-order valence-corrected chi connectivity index (χ4v) is 1.50. The van der Waals surface area contributed by atoms with Crippen LogP contribution in [0.25, 0.3) is 0 Å². The summed E-state index contributed by atoms with van der Waals surface area (Å²) in [6.07, 6.45) is 0.725. The Kier molecular flexibility index (Phi) is 4.73. The number of amides is 1. The van der Waals surface area contributed by atoms with Crippen molar-refractivity contribution in [1.82, 2.24) is 5.32 Å². The molecule has 4 N–H and O–H groups in total. The van der Waals surface area contributed by atoms with Gasteiger partial charge in [0, 0.05) is 6.54 Å². The number of aromatic hydroxyl groups is 1. The van der Waals surface area contributed by atoms with Crippen LogP contribution in [0.3, 0.4) is 0 Å². The number of nitrogens with two attached hydrogens (primary N) is 1. The Morgan fingerprint density at radius 1 is 1.33 bits per heavy atom. The quantitative estimate of drug-likeness (QED) is 0.756. The van der Waals surface area contributed by atoms with Gasteiger partial charge in [-0.1, -0.05) is 32.9 Å². The predicted molar refractivity (Wildman–Crippen MR) is 72.3 cm³/mol. The number of hydrogen-bond acceptors (Lipinski definition) is 3. The molecule has 1 atom stereocenters. The van der Waals surface area contributed by atoms with E-state index in [0.29, 0.717) is 6.54 Å². The zero-order chi connectivity index (χ0) is 13.8. The van der Waals surface area contributed by atoms with Gasteiger partial charge in [0.25, 0.3) is 0 Å². The van der Waals surface area contributed by atoms with Gasteiger partial charge in [-0.2, -0.15) is 0 Å². The molecule has 0 heterocycles. The molecule has 4 heteroatoms. The second-order valence-electron chi connectivity index (χ2n) is 5.55. The summed E-state index contributed by atoms with van der Waals surface area (Å²) in [5.74, 6) is 0.124. The smallest absolute Gasteiger partial charge is 0.237 e. The Balaban J connectivity index is 2.38. The van der Waals surface area contributed by atoms with Gasteiger partial charge in [-0.05, 0) is 29.5 Å².